The van der Waals surface area contributed by atoms with Crippen LogP contribution in [0.1, 0.15) is 11.1 Å². The summed E-state index contributed by atoms with van der Waals surface area (Å²) in [6, 6.07) is 6.07. The van der Waals surface area contributed by atoms with Crippen molar-refractivity contribution >= 4 is 17.4 Å². The lowest BCUT2D eigenvalue weighted by molar-refractivity contribution is -0.120. The molecular formula is C15H11FN6O. The van der Waals surface area contributed by atoms with Gasteiger partial charge in [-0.1, -0.05) is 0 Å². The van der Waals surface area contributed by atoms with Gasteiger partial charge in [-0.3, -0.25) is 9.89 Å². The smallest absolute Gasteiger partial charge is 0.247 e. The molecule has 2 aromatic rings. The number of H-pyrrole nitrogens is 1. The minimum atomic E-state index is -1.49. The van der Waals surface area contributed by atoms with Gasteiger partial charge in [-0.15, -0.1) is 0 Å². The van der Waals surface area contributed by atoms with Crippen molar-refractivity contribution in [2.24, 2.45) is 5.73 Å². The molecule has 1 unspecified atom stereocenters. The van der Waals surface area contributed by atoms with E-state index in [1.165, 1.54) is 29.3 Å². The maximum absolute atomic E-state index is 13.9. The summed E-state index contributed by atoms with van der Waals surface area (Å²) in [5.41, 5.74) is 5.87. The zero-order valence-electron chi connectivity index (χ0n) is 12.0. The van der Waals surface area contributed by atoms with Crippen LogP contribution >= 0.6 is 0 Å². The maximum Gasteiger partial charge on any atom is 0.247 e. The van der Waals surface area contributed by atoms with E-state index in [9.17, 15) is 14.4 Å². The number of nitriles is 1. The van der Waals surface area contributed by atoms with Gasteiger partial charge in [0, 0.05) is 23.9 Å². The molecule has 2 aliphatic rings. The Kier molecular flexibility index (Phi) is 2.38. The van der Waals surface area contributed by atoms with Crippen molar-refractivity contribution in [2.75, 3.05) is 17.3 Å². The summed E-state index contributed by atoms with van der Waals surface area (Å²) < 4.78 is 13.9. The van der Waals surface area contributed by atoms with E-state index in [-0.39, 0.29) is 17.3 Å². The first-order valence-corrected chi connectivity index (χ1v) is 6.81. The molecule has 23 heavy (non-hydrogen) atoms. The number of rotatable bonds is 0. The standard InChI is InChI=1S/C15H11FN6O/c1-22-11-3-2-7(16)4-8(11)15(14(22)23)9(5-17)12(18)20-13-10(15)6-19-21-13/h2-4,6H,18H2,1H3,(H2,19,20,21). The summed E-state index contributed by atoms with van der Waals surface area (Å²) in [7, 11) is 1.58. The predicted molar refractivity (Wildman–Crippen MR) is 79.6 cm³/mol. The minimum Gasteiger partial charge on any atom is -0.384 e. The molecule has 2 aliphatic heterocycles. The zero-order valence-corrected chi connectivity index (χ0v) is 12.0. The molecule has 0 saturated carbocycles. The zero-order chi connectivity index (χ0) is 16.4. The lowest BCUT2D eigenvalue weighted by atomic mass is 9.69. The van der Waals surface area contributed by atoms with Crippen molar-refractivity contribution in [1.82, 2.24) is 10.2 Å². The predicted octanol–water partition coefficient (Wildman–Crippen LogP) is 0.931. The third-order valence-corrected chi connectivity index (χ3v) is 4.41. The largest absolute Gasteiger partial charge is 0.384 e. The van der Waals surface area contributed by atoms with E-state index in [2.05, 4.69) is 15.5 Å². The van der Waals surface area contributed by atoms with Gasteiger partial charge in [0.05, 0.1) is 11.8 Å². The van der Waals surface area contributed by atoms with E-state index in [1.807, 2.05) is 6.07 Å². The number of nitrogens with zero attached hydrogens (tertiary/aromatic N) is 3. The van der Waals surface area contributed by atoms with E-state index in [0.717, 1.165) is 0 Å². The number of likely N-dealkylation sites (N-methyl/N-ethyl adjacent to an activating group) is 1. The number of hydrogen-bond donors (Lipinski definition) is 3. The summed E-state index contributed by atoms with van der Waals surface area (Å²) in [4.78, 5) is 14.5. The van der Waals surface area contributed by atoms with Gasteiger partial charge in [-0.25, -0.2) is 4.39 Å². The number of benzene rings is 1. The number of halogens is 1. The summed E-state index contributed by atoms with van der Waals surface area (Å²) in [6.07, 6.45) is 1.46. The Morgan fingerprint density at radius 1 is 1.43 bits per heavy atom. The van der Waals surface area contributed by atoms with Crippen LogP contribution in [0.3, 0.4) is 0 Å². The quantitative estimate of drug-likeness (QED) is 0.670. The van der Waals surface area contributed by atoms with Crippen molar-refractivity contribution in [3.05, 3.63) is 52.7 Å². The molecule has 1 atom stereocenters. The number of hydrogen-bond acceptors (Lipinski definition) is 5. The first kappa shape index (κ1) is 13.3. The molecule has 0 fully saturated rings. The Morgan fingerprint density at radius 2 is 2.22 bits per heavy atom. The minimum absolute atomic E-state index is 0.0348. The summed E-state index contributed by atoms with van der Waals surface area (Å²) in [5, 5.41) is 19.1. The lowest BCUT2D eigenvalue weighted by Crippen LogP contribution is -2.45. The van der Waals surface area contributed by atoms with Gasteiger partial charge in [0.15, 0.2) is 0 Å². The van der Waals surface area contributed by atoms with Crippen LogP contribution in [0.15, 0.2) is 35.8 Å². The number of anilines is 2. The molecule has 8 heteroatoms. The molecule has 1 aromatic carbocycles. The molecule has 4 N–H and O–H groups in total. The number of aromatic amines is 1. The third-order valence-electron chi connectivity index (χ3n) is 4.41. The van der Waals surface area contributed by atoms with Crippen LogP contribution in [-0.2, 0) is 10.2 Å². The summed E-state index contributed by atoms with van der Waals surface area (Å²) in [5.74, 6) is -0.407. The normalized spacial score (nSPS) is 22.0. The van der Waals surface area contributed by atoms with E-state index in [4.69, 9.17) is 5.73 Å². The molecule has 7 nitrogen and oxygen atoms in total. The van der Waals surface area contributed by atoms with Crippen LogP contribution in [0.2, 0.25) is 0 Å². The number of amides is 1. The summed E-state index contributed by atoms with van der Waals surface area (Å²) in [6.45, 7) is 0. The van der Waals surface area contributed by atoms with Gasteiger partial charge in [-0.05, 0) is 18.2 Å². The highest BCUT2D eigenvalue weighted by atomic mass is 19.1. The second-order valence-corrected chi connectivity index (χ2v) is 5.46. The van der Waals surface area contributed by atoms with E-state index < -0.39 is 11.2 Å². The second kappa shape index (κ2) is 4.10. The SMILES string of the molecule is CN1C(=O)C2(C(C#N)=C(N)Nc3[nH]ncc32)c2cc(F)ccc21. The first-order chi connectivity index (χ1) is 11.0. The lowest BCUT2D eigenvalue weighted by Gasteiger charge is -2.32. The number of carbonyl (C=O) groups is 1. The molecule has 4 rings (SSSR count). The Labute approximate surface area is 130 Å². The average molecular weight is 310 g/mol. The van der Waals surface area contributed by atoms with Gasteiger partial charge in [0.2, 0.25) is 5.91 Å². The molecule has 0 aliphatic carbocycles. The highest BCUT2D eigenvalue weighted by Gasteiger charge is 2.58. The van der Waals surface area contributed by atoms with Crippen molar-refractivity contribution in [3.8, 4) is 6.07 Å². The number of fused-ring (bicyclic) bond motifs is 4. The van der Waals surface area contributed by atoms with Gasteiger partial charge < -0.3 is 16.0 Å². The van der Waals surface area contributed by atoms with Crippen LogP contribution in [0.5, 0.6) is 0 Å². The fraction of sp³-hybridized carbons (Fsp3) is 0.133. The van der Waals surface area contributed by atoms with E-state index in [1.54, 1.807) is 7.05 Å². The number of nitrogens with one attached hydrogen (secondary N) is 2. The number of aromatic nitrogens is 2. The van der Waals surface area contributed by atoms with Gasteiger partial charge in [0.25, 0.3) is 0 Å². The van der Waals surface area contributed by atoms with Crippen molar-refractivity contribution in [3.63, 3.8) is 0 Å². The molecule has 1 spiro atoms. The van der Waals surface area contributed by atoms with Crippen molar-refractivity contribution in [2.45, 2.75) is 5.41 Å². The fourth-order valence-electron chi connectivity index (χ4n) is 3.42. The Balaban J connectivity index is 2.18. The molecule has 0 saturated heterocycles. The molecule has 1 aromatic heterocycles. The fourth-order valence-corrected chi connectivity index (χ4v) is 3.42. The summed E-state index contributed by atoms with van der Waals surface area (Å²) >= 11 is 0. The van der Waals surface area contributed by atoms with Crippen LogP contribution in [0.4, 0.5) is 15.9 Å². The molecular weight excluding hydrogens is 299 g/mol. The Bertz CT molecular complexity index is 940. The first-order valence-electron chi connectivity index (χ1n) is 6.81. The number of carbonyl (C=O) groups excluding carboxylic acids is 1. The van der Waals surface area contributed by atoms with Crippen molar-refractivity contribution < 1.29 is 9.18 Å². The Morgan fingerprint density at radius 3 is 2.96 bits per heavy atom. The Hall–Kier alpha value is -3.34. The van der Waals surface area contributed by atoms with Gasteiger partial charge in [0.1, 0.15) is 28.9 Å². The van der Waals surface area contributed by atoms with Crippen LogP contribution in [0, 0.1) is 17.1 Å². The topological polar surface area (TPSA) is 111 Å². The molecule has 1 amide bonds. The molecule has 0 radical (unpaired) electrons. The highest BCUT2D eigenvalue weighted by Crippen LogP contribution is 2.53. The van der Waals surface area contributed by atoms with E-state index in [0.29, 0.717) is 22.6 Å². The van der Waals surface area contributed by atoms with Crippen LogP contribution in [0.25, 0.3) is 0 Å². The molecule has 114 valence electrons. The second-order valence-electron chi connectivity index (χ2n) is 5.46. The highest BCUT2D eigenvalue weighted by molar-refractivity contribution is 6.14. The van der Waals surface area contributed by atoms with E-state index >= 15 is 0 Å². The van der Waals surface area contributed by atoms with Crippen LogP contribution < -0.4 is 16.0 Å². The van der Waals surface area contributed by atoms with Crippen molar-refractivity contribution in [1.29, 1.82) is 5.26 Å². The number of nitrogens with two attached hydrogens (primary N) is 1. The third kappa shape index (κ3) is 1.36. The molecule has 0 bridgehead atoms. The molecule has 3 heterocycles. The van der Waals surface area contributed by atoms with Crippen LogP contribution in [-0.4, -0.2) is 23.2 Å². The monoisotopic (exact) mass is 310 g/mol. The average Bonchev–Trinajstić information content (AvgIpc) is 3.06. The van der Waals surface area contributed by atoms with Gasteiger partial charge >= 0.3 is 0 Å². The van der Waals surface area contributed by atoms with Gasteiger partial charge in [-0.2, -0.15) is 10.4 Å². The maximum atomic E-state index is 13.9.